The van der Waals surface area contributed by atoms with Crippen LogP contribution in [0.3, 0.4) is 0 Å². The number of rotatable bonds is 3. The molecule has 0 saturated heterocycles. The highest BCUT2D eigenvalue weighted by Crippen LogP contribution is 2.09. The predicted molar refractivity (Wildman–Crippen MR) is 44.3 cm³/mol. The summed E-state index contributed by atoms with van der Waals surface area (Å²) in [5.74, 6) is 2.16. The topological polar surface area (TPSA) is 0 Å². The molecule has 46 valence electrons. The van der Waals surface area contributed by atoms with Gasteiger partial charge in [0.1, 0.15) is 5.82 Å². The average molecular weight is 147 g/mol. The summed E-state index contributed by atoms with van der Waals surface area (Å²) >= 11 is 4.81. The Labute approximate surface area is 57.8 Å². The fourth-order valence-electron chi connectivity index (χ4n) is 0.537. The van der Waals surface area contributed by atoms with Crippen LogP contribution in [0.15, 0.2) is 11.4 Å². The van der Waals surface area contributed by atoms with E-state index in [2.05, 4.69) is 19.7 Å². The maximum absolute atomic E-state index is 4.81. The quantitative estimate of drug-likeness (QED) is 0.553. The van der Waals surface area contributed by atoms with Gasteiger partial charge in [-0.2, -0.15) is 0 Å². The predicted octanol–water partition coefficient (Wildman–Crippen LogP) is 2.83. The summed E-state index contributed by atoms with van der Waals surface area (Å²) < 4.78 is 0. The molecule has 0 N–H and O–H groups in total. The minimum absolute atomic E-state index is 0.573. The Hall–Kier alpha value is 0.260. The molecular formula is C6H12PS+. The summed E-state index contributed by atoms with van der Waals surface area (Å²) in [6.07, 6.45) is 2.33. The molecule has 0 aromatic heterocycles. The van der Waals surface area contributed by atoms with Gasteiger partial charge in [-0.05, 0) is 18.4 Å². The second-order valence-electron chi connectivity index (χ2n) is 1.63. The zero-order valence-electron chi connectivity index (χ0n) is 5.40. The van der Waals surface area contributed by atoms with Crippen LogP contribution < -0.4 is 0 Å². The fourth-order valence-corrected chi connectivity index (χ4v) is 1.61. The van der Waals surface area contributed by atoms with Crippen LogP contribution in [0.1, 0.15) is 26.7 Å². The summed E-state index contributed by atoms with van der Waals surface area (Å²) in [7, 11) is 0.573. The molecule has 0 radical (unpaired) electrons. The molecule has 0 fully saturated rings. The minimum atomic E-state index is 0.573. The zero-order chi connectivity index (χ0) is 6.41. The molecule has 0 spiro atoms. The average Bonchev–Trinajstić information content (AvgIpc) is 1.83. The highest BCUT2D eigenvalue weighted by molar-refractivity contribution is 7.97. The molecule has 1 unspecified atom stereocenters. The van der Waals surface area contributed by atoms with Crippen LogP contribution in [0.4, 0.5) is 0 Å². The lowest BCUT2D eigenvalue weighted by atomic mass is 10.2. The van der Waals surface area contributed by atoms with Gasteiger partial charge >= 0.3 is 0 Å². The molecule has 2 heteroatoms. The minimum Gasteiger partial charge on any atom is -0.0615 e. The maximum Gasteiger partial charge on any atom is 0.190 e. The highest BCUT2D eigenvalue weighted by atomic mass is 32.4. The Morgan fingerprint density at radius 3 is 2.12 bits per heavy atom. The van der Waals surface area contributed by atoms with E-state index in [1.54, 1.807) is 0 Å². The Morgan fingerprint density at radius 1 is 1.50 bits per heavy atom. The van der Waals surface area contributed by atoms with Crippen molar-refractivity contribution in [3.05, 3.63) is 11.4 Å². The van der Waals surface area contributed by atoms with Gasteiger partial charge in [0.15, 0.2) is 19.2 Å². The molecule has 0 aliphatic carbocycles. The standard InChI is InChI=1S/C6H11PS/c1-3-6(4-2)5-7-8/h5H,3-4H2,1-2H3/p+1. The molecule has 0 aromatic carbocycles. The van der Waals surface area contributed by atoms with E-state index in [0.29, 0.717) is 7.36 Å². The van der Waals surface area contributed by atoms with Gasteiger partial charge in [-0.1, -0.05) is 13.8 Å². The first kappa shape index (κ1) is 8.26. The van der Waals surface area contributed by atoms with Crippen molar-refractivity contribution in [2.45, 2.75) is 26.7 Å². The lowest BCUT2D eigenvalue weighted by molar-refractivity contribution is 0.983. The van der Waals surface area contributed by atoms with Crippen molar-refractivity contribution in [2.75, 3.05) is 0 Å². The van der Waals surface area contributed by atoms with Gasteiger partial charge in [-0.25, -0.2) is 0 Å². The van der Waals surface area contributed by atoms with Crippen molar-refractivity contribution in [3.63, 3.8) is 0 Å². The van der Waals surface area contributed by atoms with E-state index in [9.17, 15) is 0 Å². The van der Waals surface area contributed by atoms with E-state index in [1.807, 2.05) is 0 Å². The smallest absolute Gasteiger partial charge is 0.0615 e. The molecule has 0 aromatic rings. The highest BCUT2D eigenvalue weighted by Gasteiger charge is 1.89. The fraction of sp³-hybridized carbons (Fsp3) is 0.667. The van der Waals surface area contributed by atoms with Gasteiger partial charge in [0, 0.05) is 0 Å². The monoisotopic (exact) mass is 147 g/mol. The van der Waals surface area contributed by atoms with Gasteiger partial charge in [0.2, 0.25) is 0 Å². The van der Waals surface area contributed by atoms with Gasteiger partial charge in [0.25, 0.3) is 0 Å². The van der Waals surface area contributed by atoms with E-state index in [0.717, 1.165) is 0 Å². The molecule has 0 nitrogen and oxygen atoms in total. The summed E-state index contributed by atoms with van der Waals surface area (Å²) in [6.45, 7) is 4.34. The molecule has 0 bridgehead atoms. The Kier molecular flexibility index (Phi) is 5.57. The molecule has 0 aliphatic heterocycles. The SMILES string of the molecule is CCC(=C[PH+]=S)CC. The Bertz CT molecular complexity index is 90.7. The van der Waals surface area contributed by atoms with Crippen LogP contribution in [0.5, 0.6) is 0 Å². The van der Waals surface area contributed by atoms with Gasteiger partial charge in [-0.15, -0.1) is 0 Å². The molecular weight excluding hydrogens is 135 g/mol. The van der Waals surface area contributed by atoms with E-state index in [-0.39, 0.29) is 0 Å². The first-order chi connectivity index (χ1) is 3.85. The van der Waals surface area contributed by atoms with E-state index in [4.69, 9.17) is 11.8 Å². The molecule has 0 aliphatic rings. The van der Waals surface area contributed by atoms with Gasteiger partial charge in [0.05, 0.1) is 0 Å². The largest absolute Gasteiger partial charge is 0.190 e. The van der Waals surface area contributed by atoms with Crippen molar-refractivity contribution in [1.82, 2.24) is 0 Å². The van der Waals surface area contributed by atoms with Gasteiger partial charge in [-0.3, -0.25) is 0 Å². The zero-order valence-corrected chi connectivity index (χ0v) is 7.22. The molecule has 0 saturated carbocycles. The first-order valence-corrected chi connectivity index (χ1v) is 5.11. The second-order valence-corrected chi connectivity index (χ2v) is 2.86. The molecule has 0 rings (SSSR count). The Morgan fingerprint density at radius 2 is 2.00 bits per heavy atom. The van der Waals surface area contributed by atoms with Gasteiger partial charge < -0.3 is 0 Å². The van der Waals surface area contributed by atoms with E-state index >= 15 is 0 Å². The summed E-state index contributed by atoms with van der Waals surface area (Å²) in [4.78, 5) is 0. The number of hydrogen-bond acceptors (Lipinski definition) is 1. The third-order valence-electron chi connectivity index (χ3n) is 1.17. The van der Waals surface area contributed by atoms with Crippen LogP contribution in [-0.2, 0) is 11.8 Å². The molecule has 0 heterocycles. The molecule has 8 heavy (non-hydrogen) atoms. The van der Waals surface area contributed by atoms with Crippen molar-refractivity contribution in [1.29, 1.82) is 0 Å². The van der Waals surface area contributed by atoms with Crippen LogP contribution in [-0.4, -0.2) is 0 Å². The summed E-state index contributed by atoms with van der Waals surface area (Å²) in [5.41, 5.74) is 1.50. The van der Waals surface area contributed by atoms with E-state index in [1.165, 1.54) is 18.4 Å². The third-order valence-corrected chi connectivity index (χ3v) is 2.05. The maximum atomic E-state index is 4.81. The van der Waals surface area contributed by atoms with Crippen LogP contribution in [0.2, 0.25) is 0 Å². The lowest BCUT2D eigenvalue weighted by Gasteiger charge is -1.89. The van der Waals surface area contributed by atoms with E-state index < -0.39 is 0 Å². The third kappa shape index (κ3) is 3.29. The lowest BCUT2D eigenvalue weighted by Crippen LogP contribution is -1.71. The first-order valence-electron chi connectivity index (χ1n) is 2.90. The van der Waals surface area contributed by atoms with Crippen molar-refractivity contribution < 1.29 is 0 Å². The van der Waals surface area contributed by atoms with Crippen LogP contribution in [0, 0.1) is 0 Å². The van der Waals surface area contributed by atoms with Crippen molar-refractivity contribution in [3.8, 4) is 0 Å². The number of hydrogen-bond donors (Lipinski definition) is 0. The molecule has 1 atom stereocenters. The van der Waals surface area contributed by atoms with Crippen molar-refractivity contribution in [2.24, 2.45) is 0 Å². The van der Waals surface area contributed by atoms with Crippen LogP contribution >= 0.6 is 7.36 Å². The second kappa shape index (κ2) is 5.40. The normalized spacial score (nSPS) is 9.25. The van der Waals surface area contributed by atoms with Crippen molar-refractivity contribution >= 4 is 19.2 Å². The summed E-state index contributed by atoms with van der Waals surface area (Å²) in [6, 6.07) is 0. The summed E-state index contributed by atoms with van der Waals surface area (Å²) in [5, 5.41) is 0. The van der Waals surface area contributed by atoms with Crippen LogP contribution in [0.25, 0.3) is 0 Å². The Balaban J connectivity index is 3.66. The molecule has 0 amide bonds. The number of allylic oxidation sites excluding steroid dienone is 1.